The number of para-hydroxylation sites is 1. The maximum absolute atomic E-state index is 12.6. The second-order valence-corrected chi connectivity index (χ2v) is 8.26. The molecule has 1 saturated heterocycles. The van der Waals surface area contributed by atoms with E-state index in [1.165, 1.54) is 0 Å². The van der Waals surface area contributed by atoms with Crippen LogP contribution in [0.15, 0.2) is 54.6 Å². The molecule has 0 bridgehead atoms. The van der Waals surface area contributed by atoms with Crippen molar-refractivity contribution in [2.45, 2.75) is 38.3 Å². The van der Waals surface area contributed by atoms with Crippen LogP contribution in [0.1, 0.15) is 32.1 Å². The van der Waals surface area contributed by atoms with Gasteiger partial charge in [0.2, 0.25) is 11.8 Å². The van der Waals surface area contributed by atoms with Crippen molar-refractivity contribution in [1.29, 1.82) is 0 Å². The van der Waals surface area contributed by atoms with Crippen molar-refractivity contribution in [1.82, 2.24) is 16.0 Å². The van der Waals surface area contributed by atoms with Crippen molar-refractivity contribution in [3.8, 4) is 11.8 Å². The predicted molar refractivity (Wildman–Crippen MR) is 129 cm³/mol. The van der Waals surface area contributed by atoms with Crippen LogP contribution in [0.5, 0.6) is 0 Å². The number of hydrogen-bond donors (Lipinski definition) is 4. The zero-order valence-electron chi connectivity index (χ0n) is 18.9. The number of fused-ring (bicyclic) bond motifs is 1. The van der Waals surface area contributed by atoms with Gasteiger partial charge >= 0.3 is 0 Å². The van der Waals surface area contributed by atoms with Crippen LogP contribution in [0.4, 0.5) is 5.69 Å². The number of allylic oxidation sites excluding steroid dienone is 2. The van der Waals surface area contributed by atoms with Crippen LogP contribution in [0.2, 0.25) is 0 Å². The van der Waals surface area contributed by atoms with E-state index < -0.39 is 0 Å². The van der Waals surface area contributed by atoms with E-state index in [0.29, 0.717) is 50.9 Å². The van der Waals surface area contributed by atoms with Crippen molar-refractivity contribution < 1.29 is 14.4 Å². The van der Waals surface area contributed by atoms with Gasteiger partial charge in [-0.3, -0.25) is 19.7 Å². The van der Waals surface area contributed by atoms with E-state index in [1.807, 2.05) is 42.5 Å². The molecule has 33 heavy (non-hydrogen) atoms. The fourth-order valence-electron chi connectivity index (χ4n) is 3.90. The molecule has 1 heterocycles. The van der Waals surface area contributed by atoms with Gasteiger partial charge in [-0.15, -0.1) is 0 Å². The lowest BCUT2D eigenvalue weighted by atomic mass is 9.86. The van der Waals surface area contributed by atoms with E-state index in [9.17, 15) is 14.4 Å². The minimum atomic E-state index is -0.279. The van der Waals surface area contributed by atoms with Crippen LogP contribution < -0.4 is 21.3 Å². The molecule has 3 unspecified atom stereocenters. The van der Waals surface area contributed by atoms with Crippen LogP contribution in [-0.4, -0.2) is 43.4 Å². The molecule has 0 aromatic heterocycles. The van der Waals surface area contributed by atoms with Crippen molar-refractivity contribution >= 4 is 23.3 Å². The minimum Gasteiger partial charge on any atom is -0.356 e. The quantitative estimate of drug-likeness (QED) is 0.190. The van der Waals surface area contributed by atoms with Gasteiger partial charge in [0, 0.05) is 43.6 Å². The lowest BCUT2D eigenvalue weighted by Crippen LogP contribution is -2.49. The third kappa shape index (κ3) is 7.70. The molecule has 0 saturated carbocycles. The van der Waals surface area contributed by atoms with E-state index in [1.54, 1.807) is 0 Å². The molecule has 1 aliphatic heterocycles. The molecule has 0 radical (unpaired) electrons. The molecular formula is C26H32N4O3. The number of carbonyl (C=O) groups excluding carboxylic acids is 3. The summed E-state index contributed by atoms with van der Waals surface area (Å²) >= 11 is 0. The molecule has 2 aliphatic rings. The van der Waals surface area contributed by atoms with Gasteiger partial charge in [0.1, 0.15) is 0 Å². The van der Waals surface area contributed by atoms with Gasteiger partial charge in [-0.1, -0.05) is 48.8 Å². The van der Waals surface area contributed by atoms with Crippen LogP contribution in [0.3, 0.4) is 0 Å². The lowest BCUT2D eigenvalue weighted by Gasteiger charge is -2.26. The minimum absolute atomic E-state index is 0.0500. The standard InChI is InChI=1S/C26H32N4O3/c1-19-18-29-26(22-13-7-3-6-12-21(22)25(19)33)28-17-9-16-27-23(31)14-8-15-24(32)30-20-10-4-2-5-11-20/h2,4-6,10-12,21-22,26,28-29H,1,3,8-9,14-18H2,(H,27,31)(H,30,32). The smallest absolute Gasteiger partial charge is 0.224 e. The second-order valence-electron chi connectivity index (χ2n) is 8.26. The highest BCUT2D eigenvalue weighted by molar-refractivity contribution is 5.99. The fourth-order valence-corrected chi connectivity index (χ4v) is 3.90. The monoisotopic (exact) mass is 448 g/mol. The van der Waals surface area contributed by atoms with Crippen LogP contribution in [0, 0.1) is 23.7 Å². The third-order valence-electron chi connectivity index (χ3n) is 5.67. The summed E-state index contributed by atoms with van der Waals surface area (Å²) in [6.07, 6.45) is 6.29. The number of hydrogen-bond acceptors (Lipinski definition) is 5. The van der Waals surface area contributed by atoms with E-state index in [-0.39, 0.29) is 35.6 Å². The second kappa shape index (κ2) is 12.7. The maximum atomic E-state index is 12.6. The SMILES string of the molecule is C=C1CNC(NCCCNC(=O)CCCC(=O)Nc2ccccc2)C2C#CCC=CC2C1=O. The summed E-state index contributed by atoms with van der Waals surface area (Å²) in [6.45, 7) is 5.56. The summed E-state index contributed by atoms with van der Waals surface area (Å²) in [5.74, 6) is 5.82. The number of anilines is 1. The Kier molecular flexibility index (Phi) is 9.43. The van der Waals surface area contributed by atoms with Crippen molar-refractivity contribution in [2.24, 2.45) is 11.8 Å². The molecule has 7 heteroatoms. The molecule has 3 rings (SSSR count). The molecule has 0 spiro atoms. The normalized spacial score (nSPS) is 21.8. The Morgan fingerprint density at radius 1 is 1.09 bits per heavy atom. The summed E-state index contributed by atoms with van der Waals surface area (Å²) in [7, 11) is 0. The van der Waals surface area contributed by atoms with Gasteiger partial charge in [0.15, 0.2) is 5.78 Å². The highest BCUT2D eigenvalue weighted by Crippen LogP contribution is 2.25. The number of carbonyl (C=O) groups is 3. The van der Waals surface area contributed by atoms with E-state index >= 15 is 0 Å². The Labute approximate surface area is 195 Å². The Bertz CT molecular complexity index is 945. The zero-order chi connectivity index (χ0) is 23.5. The van der Waals surface area contributed by atoms with Crippen molar-refractivity contribution in [2.75, 3.05) is 25.0 Å². The number of rotatable bonds is 10. The Balaban J connectivity index is 1.32. The van der Waals surface area contributed by atoms with Gasteiger partial charge in [0.25, 0.3) is 0 Å². The highest BCUT2D eigenvalue weighted by atomic mass is 16.2. The number of benzene rings is 1. The summed E-state index contributed by atoms with van der Waals surface area (Å²) in [4.78, 5) is 36.6. The number of Topliss-reactive ketones (excluding diaryl/α,β-unsaturated/α-hetero) is 1. The fraction of sp³-hybridized carbons (Fsp3) is 0.423. The molecule has 1 aromatic carbocycles. The van der Waals surface area contributed by atoms with Crippen LogP contribution in [-0.2, 0) is 14.4 Å². The Hall–Kier alpha value is -3.21. The third-order valence-corrected chi connectivity index (χ3v) is 5.67. The first kappa shape index (κ1) is 24.4. The molecule has 174 valence electrons. The molecule has 4 N–H and O–H groups in total. The molecule has 2 amide bonds. The number of ketones is 1. The number of nitrogens with one attached hydrogen (secondary N) is 4. The highest BCUT2D eigenvalue weighted by Gasteiger charge is 2.35. The summed E-state index contributed by atoms with van der Waals surface area (Å²) in [5.41, 5.74) is 1.33. The predicted octanol–water partition coefficient (Wildman–Crippen LogP) is 2.14. The van der Waals surface area contributed by atoms with E-state index in [2.05, 4.69) is 39.7 Å². The Morgan fingerprint density at radius 3 is 2.70 bits per heavy atom. The van der Waals surface area contributed by atoms with Gasteiger partial charge in [-0.25, -0.2) is 0 Å². The average Bonchev–Trinajstić information content (AvgIpc) is 3.11. The summed E-state index contributed by atoms with van der Waals surface area (Å²) in [6, 6.07) is 9.27. The molecule has 1 aromatic rings. The van der Waals surface area contributed by atoms with Crippen LogP contribution >= 0.6 is 0 Å². The van der Waals surface area contributed by atoms with Gasteiger partial charge in [-0.05, 0) is 31.5 Å². The van der Waals surface area contributed by atoms with Crippen molar-refractivity contribution in [3.05, 3.63) is 54.6 Å². The summed E-state index contributed by atoms with van der Waals surface area (Å²) in [5, 5.41) is 12.5. The van der Waals surface area contributed by atoms with Crippen LogP contribution in [0.25, 0.3) is 0 Å². The first-order valence-electron chi connectivity index (χ1n) is 11.5. The van der Waals surface area contributed by atoms with E-state index in [0.717, 1.165) is 12.1 Å². The first-order valence-corrected chi connectivity index (χ1v) is 11.5. The van der Waals surface area contributed by atoms with Gasteiger partial charge in [-0.2, -0.15) is 0 Å². The number of amides is 2. The molecule has 1 aliphatic carbocycles. The lowest BCUT2D eigenvalue weighted by molar-refractivity contribution is -0.121. The summed E-state index contributed by atoms with van der Waals surface area (Å²) < 4.78 is 0. The molecular weight excluding hydrogens is 416 g/mol. The zero-order valence-corrected chi connectivity index (χ0v) is 18.9. The molecule has 3 atom stereocenters. The topological polar surface area (TPSA) is 99.3 Å². The van der Waals surface area contributed by atoms with Gasteiger partial charge < -0.3 is 16.0 Å². The van der Waals surface area contributed by atoms with Crippen molar-refractivity contribution in [3.63, 3.8) is 0 Å². The molecule has 7 nitrogen and oxygen atoms in total. The average molecular weight is 449 g/mol. The molecule has 1 fully saturated rings. The maximum Gasteiger partial charge on any atom is 0.224 e. The van der Waals surface area contributed by atoms with Gasteiger partial charge in [0.05, 0.1) is 18.0 Å². The van der Waals surface area contributed by atoms with E-state index in [4.69, 9.17) is 0 Å². The largest absolute Gasteiger partial charge is 0.356 e. The Morgan fingerprint density at radius 2 is 1.88 bits per heavy atom. The first-order chi connectivity index (χ1) is 16.0.